The normalized spacial score (nSPS) is 41.5. The van der Waals surface area contributed by atoms with Crippen molar-refractivity contribution < 1.29 is 33.4 Å². The van der Waals surface area contributed by atoms with Gasteiger partial charge in [-0.05, 0) is 38.5 Å². The van der Waals surface area contributed by atoms with Gasteiger partial charge < -0.3 is 9.47 Å². The van der Waals surface area contributed by atoms with Crippen LogP contribution in [0.4, 0.5) is 0 Å². The number of Topliss-reactive ketones (excluding diaryl/α,β-unsaturated/α-hetero) is 1. The zero-order valence-corrected chi connectivity index (χ0v) is 13.1. The van der Waals surface area contributed by atoms with Gasteiger partial charge in [-0.1, -0.05) is 0 Å². The first-order chi connectivity index (χ1) is 11.5. The van der Waals surface area contributed by atoms with Gasteiger partial charge in [-0.2, -0.15) is 0 Å². The van der Waals surface area contributed by atoms with Crippen LogP contribution in [-0.2, 0) is 33.4 Å². The fourth-order valence-corrected chi connectivity index (χ4v) is 4.78. The number of hydrogen-bond donors (Lipinski definition) is 0. The van der Waals surface area contributed by atoms with Gasteiger partial charge in [0, 0.05) is 11.8 Å². The lowest BCUT2D eigenvalue weighted by atomic mass is 9.67. The Morgan fingerprint density at radius 3 is 1.42 bits per heavy atom. The molecule has 4 fully saturated rings. The Hall–Kier alpha value is -2.05. The third-order valence-electron chi connectivity index (χ3n) is 6.12. The SMILES string of the molecule is O=C(C1CCC2C(=O)OC(=O)C2C1)C1CCC2C(=O)OC(=O)C2C1. The molecule has 6 atom stereocenters. The fourth-order valence-electron chi connectivity index (χ4n) is 4.78. The molecule has 2 saturated heterocycles. The lowest BCUT2D eigenvalue weighted by Gasteiger charge is -2.32. The monoisotopic (exact) mass is 334 g/mol. The van der Waals surface area contributed by atoms with Crippen LogP contribution >= 0.6 is 0 Å². The third-order valence-corrected chi connectivity index (χ3v) is 6.12. The van der Waals surface area contributed by atoms with Crippen molar-refractivity contribution in [3.63, 3.8) is 0 Å². The second-order valence-corrected chi connectivity index (χ2v) is 7.33. The molecule has 6 unspecified atom stereocenters. The molecule has 4 rings (SSSR count). The summed E-state index contributed by atoms with van der Waals surface area (Å²) in [5.74, 6) is -4.30. The molecule has 0 amide bonds. The van der Waals surface area contributed by atoms with Gasteiger partial charge >= 0.3 is 23.9 Å². The number of carbonyl (C=O) groups is 5. The van der Waals surface area contributed by atoms with Crippen LogP contribution in [0.2, 0.25) is 0 Å². The van der Waals surface area contributed by atoms with Crippen molar-refractivity contribution in [2.75, 3.05) is 0 Å². The zero-order valence-electron chi connectivity index (χ0n) is 13.1. The van der Waals surface area contributed by atoms with E-state index in [1.165, 1.54) is 0 Å². The minimum atomic E-state index is -0.517. The van der Waals surface area contributed by atoms with E-state index in [4.69, 9.17) is 0 Å². The van der Waals surface area contributed by atoms with Crippen molar-refractivity contribution in [2.24, 2.45) is 35.5 Å². The molecule has 0 N–H and O–H groups in total. The molecular weight excluding hydrogens is 316 g/mol. The van der Waals surface area contributed by atoms with Crippen LogP contribution < -0.4 is 0 Å². The van der Waals surface area contributed by atoms with E-state index in [0.717, 1.165) is 0 Å². The van der Waals surface area contributed by atoms with Crippen LogP contribution in [0.15, 0.2) is 0 Å². The smallest absolute Gasteiger partial charge is 0.317 e. The van der Waals surface area contributed by atoms with E-state index in [-0.39, 0.29) is 17.6 Å². The Balaban J connectivity index is 1.43. The molecule has 4 aliphatic rings. The standard InChI is InChI=1S/C17H18O7/c18-13(7-1-3-9-11(5-7)16(21)23-14(9)19)8-2-4-10-12(6-8)17(22)24-15(10)20/h7-12H,1-6H2. The van der Waals surface area contributed by atoms with Crippen LogP contribution in [0.25, 0.3) is 0 Å². The Morgan fingerprint density at radius 1 is 0.625 bits per heavy atom. The molecule has 0 aromatic heterocycles. The van der Waals surface area contributed by atoms with E-state index in [0.29, 0.717) is 38.5 Å². The first kappa shape index (κ1) is 15.5. The van der Waals surface area contributed by atoms with Crippen LogP contribution in [0.5, 0.6) is 0 Å². The Morgan fingerprint density at radius 2 is 1.00 bits per heavy atom. The zero-order chi connectivity index (χ0) is 17.0. The molecule has 0 aromatic rings. The largest absolute Gasteiger partial charge is 0.393 e. The van der Waals surface area contributed by atoms with Crippen LogP contribution in [0, 0.1) is 35.5 Å². The van der Waals surface area contributed by atoms with Gasteiger partial charge in [-0.25, -0.2) is 0 Å². The number of rotatable bonds is 2. The minimum absolute atomic E-state index is 0.0474. The molecule has 0 aromatic carbocycles. The molecule has 0 bridgehead atoms. The number of fused-ring (bicyclic) bond motifs is 2. The number of cyclic esters (lactones) is 4. The van der Waals surface area contributed by atoms with Crippen LogP contribution in [0.1, 0.15) is 38.5 Å². The van der Waals surface area contributed by atoms with Crippen LogP contribution in [-0.4, -0.2) is 29.7 Å². The maximum Gasteiger partial charge on any atom is 0.317 e. The van der Waals surface area contributed by atoms with Gasteiger partial charge in [-0.15, -0.1) is 0 Å². The molecule has 7 nitrogen and oxygen atoms in total. The van der Waals surface area contributed by atoms with E-state index in [1.807, 2.05) is 0 Å². The first-order valence-electron chi connectivity index (χ1n) is 8.50. The highest BCUT2D eigenvalue weighted by atomic mass is 16.6. The lowest BCUT2D eigenvalue weighted by molar-refractivity contribution is -0.155. The summed E-state index contributed by atoms with van der Waals surface area (Å²) in [4.78, 5) is 59.5. The fraction of sp³-hybridized carbons (Fsp3) is 0.706. The predicted octanol–water partition coefficient (Wildman–Crippen LogP) is 0.787. The van der Waals surface area contributed by atoms with Gasteiger partial charge in [0.05, 0.1) is 23.7 Å². The highest BCUT2D eigenvalue weighted by Gasteiger charge is 2.52. The second-order valence-electron chi connectivity index (χ2n) is 7.33. The van der Waals surface area contributed by atoms with E-state index in [2.05, 4.69) is 9.47 Å². The highest BCUT2D eigenvalue weighted by Crippen LogP contribution is 2.44. The van der Waals surface area contributed by atoms with Crippen molar-refractivity contribution in [1.82, 2.24) is 0 Å². The molecule has 0 spiro atoms. The molecular formula is C17H18O7. The summed E-state index contributed by atoms with van der Waals surface area (Å²) in [6, 6.07) is 0. The lowest BCUT2D eigenvalue weighted by Crippen LogP contribution is -2.37. The van der Waals surface area contributed by atoms with Crippen molar-refractivity contribution in [3.05, 3.63) is 0 Å². The van der Waals surface area contributed by atoms with E-state index in [1.54, 1.807) is 0 Å². The van der Waals surface area contributed by atoms with Gasteiger partial charge in [0.25, 0.3) is 0 Å². The molecule has 2 aliphatic carbocycles. The maximum absolute atomic E-state index is 12.8. The number of carbonyl (C=O) groups excluding carboxylic acids is 5. The van der Waals surface area contributed by atoms with Crippen molar-refractivity contribution in [2.45, 2.75) is 38.5 Å². The summed E-state index contributed by atoms with van der Waals surface area (Å²) < 4.78 is 9.35. The van der Waals surface area contributed by atoms with E-state index in [9.17, 15) is 24.0 Å². The third kappa shape index (κ3) is 2.29. The summed E-state index contributed by atoms with van der Waals surface area (Å²) >= 11 is 0. The van der Waals surface area contributed by atoms with Gasteiger partial charge in [-0.3, -0.25) is 24.0 Å². The van der Waals surface area contributed by atoms with Crippen molar-refractivity contribution in [1.29, 1.82) is 0 Å². The van der Waals surface area contributed by atoms with Crippen molar-refractivity contribution in [3.8, 4) is 0 Å². The van der Waals surface area contributed by atoms with E-state index >= 15 is 0 Å². The maximum atomic E-state index is 12.8. The predicted molar refractivity (Wildman–Crippen MR) is 75.8 cm³/mol. The summed E-state index contributed by atoms with van der Waals surface area (Å²) in [6.45, 7) is 0. The van der Waals surface area contributed by atoms with Crippen molar-refractivity contribution >= 4 is 29.7 Å². The average Bonchev–Trinajstić information content (AvgIpc) is 3.02. The van der Waals surface area contributed by atoms with Gasteiger partial charge in [0.2, 0.25) is 0 Å². The van der Waals surface area contributed by atoms with E-state index < -0.39 is 47.5 Å². The quantitative estimate of drug-likeness (QED) is 0.543. The number of hydrogen-bond acceptors (Lipinski definition) is 7. The van der Waals surface area contributed by atoms with Crippen LogP contribution in [0.3, 0.4) is 0 Å². The summed E-state index contributed by atoms with van der Waals surface area (Å²) in [5.41, 5.74) is 0. The first-order valence-corrected chi connectivity index (χ1v) is 8.50. The highest BCUT2D eigenvalue weighted by molar-refractivity contribution is 5.98. The summed E-state index contributed by atoms with van der Waals surface area (Å²) in [7, 11) is 0. The summed E-state index contributed by atoms with van der Waals surface area (Å²) in [6.07, 6.45) is 2.81. The molecule has 7 heteroatoms. The Kier molecular flexibility index (Phi) is 3.54. The Bertz CT molecular complexity index is 597. The average molecular weight is 334 g/mol. The molecule has 2 heterocycles. The molecule has 2 saturated carbocycles. The topological polar surface area (TPSA) is 104 Å². The molecule has 128 valence electrons. The molecule has 0 radical (unpaired) electrons. The number of ketones is 1. The number of ether oxygens (including phenoxy) is 2. The minimum Gasteiger partial charge on any atom is -0.393 e. The van der Waals surface area contributed by atoms with Gasteiger partial charge in [0.15, 0.2) is 0 Å². The molecule has 24 heavy (non-hydrogen) atoms. The molecule has 2 aliphatic heterocycles. The van der Waals surface area contributed by atoms with Gasteiger partial charge in [0.1, 0.15) is 5.78 Å². The number of esters is 4. The Labute approximate surface area is 138 Å². The summed E-state index contributed by atoms with van der Waals surface area (Å²) in [5, 5.41) is 0. The second kappa shape index (κ2) is 5.50.